The molecule has 4 nitrogen and oxygen atoms in total. The van der Waals surface area contributed by atoms with Crippen LogP contribution in [0.3, 0.4) is 0 Å². The van der Waals surface area contributed by atoms with Crippen LogP contribution in [0.1, 0.15) is 15.9 Å². The first-order chi connectivity index (χ1) is 9.22. The van der Waals surface area contributed by atoms with Crippen LogP contribution in [0.15, 0.2) is 59.6 Å². The predicted molar refractivity (Wildman–Crippen MR) is 70.4 cm³/mol. The van der Waals surface area contributed by atoms with Crippen molar-refractivity contribution in [3.05, 3.63) is 65.7 Å². The monoisotopic (exact) mass is 254 g/mol. The Labute approximate surface area is 111 Å². The average molecular weight is 254 g/mol. The van der Waals surface area contributed by atoms with Crippen LogP contribution in [-0.4, -0.2) is 19.0 Å². The molecule has 0 aliphatic carbocycles. The molecule has 0 atom stereocenters. The van der Waals surface area contributed by atoms with Crippen LogP contribution in [0, 0.1) is 0 Å². The normalized spacial score (nSPS) is 11.1. The second-order valence-corrected chi connectivity index (χ2v) is 3.79. The van der Waals surface area contributed by atoms with Crippen LogP contribution in [0.4, 0.5) is 5.69 Å². The molecule has 2 rings (SSSR count). The SMILES string of the molecule is COC(=O)c1ccccc1N=C([O-])c1ccccc1. The minimum Gasteiger partial charge on any atom is -0.858 e. The molecule has 0 saturated heterocycles. The van der Waals surface area contributed by atoms with E-state index in [-0.39, 0.29) is 5.56 Å². The van der Waals surface area contributed by atoms with E-state index < -0.39 is 11.9 Å². The van der Waals surface area contributed by atoms with Gasteiger partial charge in [0.2, 0.25) is 0 Å². The van der Waals surface area contributed by atoms with Gasteiger partial charge in [-0.2, -0.15) is 0 Å². The van der Waals surface area contributed by atoms with E-state index in [4.69, 9.17) is 0 Å². The summed E-state index contributed by atoms with van der Waals surface area (Å²) in [6, 6.07) is 15.3. The highest BCUT2D eigenvalue weighted by Gasteiger charge is 2.09. The number of esters is 1. The van der Waals surface area contributed by atoms with Crippen LogP contribution in [0.25, 0.3) is 0 Å². The molecule has 0 N–H and O–H groups in total. The molecule has 0 heterocycles. The molecule has 0 amide bonds. The Balaban J connectivity index is 2.41. The van der Waals surface area contributed by atoms with Crippen LogP contribution >= 0.6 is 0 Å². The zero-order chi connectivity index (χ0) is 13.7. The number of carbonyl (C=O) groups excluding carboxylic acids is 1. The van der Waals surface area contributed by atoms with Gasteiger partial charge in [-0.1, -0.05) is 42.5 Å². The van der Waals surface area contributed by atoms with E-state index in [1.165, 1.54) is 7.11 Å². The second-order valence-electron chi connectivity index (χ2n) is 3.79. The summed E-state index contributed by atoms with van der Waals surface area (Å²) in [5.41, 5.74) is 1.06. The third kappa shape index (κ3) is 2.98. The Morgan fingerprint density at radius 1 is 1.05 bits per heavy atom. The van der Waals surface area contributed by atoms with Gasteiger partial charge in [-0.15, -0.1) is 0 Å². The van der Waals surface area contributed by atoms with E-state index in [2.05, 4.69) is 9.73 Å². The van der Waals surface area contributed by atoms with E-state index in [0.717, 1.165) is 0 Å². The molecule has 0 aliphatic heterocycles. The van der Waals surface area contributed by atoms with Crippen molar-refractivity contribution in [3.63, 3.8) is 0 Å². The average Bonchev–Trinajstić information content (AvgIpc) is 2.48. The number of ether oxygens (including phenoxy) is 1. The maximum Gasteiger partial charge on any atom is 0.340 e. The van der Waals surface area contributed by atoms with Crippen molar-refractivity contribution in [2.24, 2.45) is 4.99 Å². The quantitative estimate of drug-likeness (QED) is 0.477. The van der Waals surface area contributed by atoms with Gasteiger partial charge in [-0.25, -0.2) is 4.79 Å². The van der Waals surface area contributed by atoms with Gasteiger partial charge in [0.25, 0.3) is 0 Å². The number of hydrogen-bond donors (Lipinski definition) is 0. The van der Waals surface area contributed by atoms with Crippen LogP contribution < -0.4 is 5.11 Å². The molecular formula is C15H12NO3-. The fourth-order valence-corrected chi connectivity index (χ4v) is 1.61. The highest BCUT2D eigenvalue weighted by atomic mass is 16.5. The third-order valence-corrected chi connectivity index (χ3v) is 2.55. The maximum absolute atomic E-state index is 12.0. The summed E-state index contributed by atoms with van der Waals surface area (Å²) >= 11 is 0. The van der Waals surface area contributed by atoms with Crippen molar-refractivity contribution in [2.45, 2.75) is 0 Å². The van der Waals surface area contributed by atoms with Crippen molar-refractivity contribution in [3.8, 4) is 0 Å². The number of methoxy groups -OCH3 is 1. The highest BCUT2D eigenvalue weighted by Crippen LogP contribution is 2.20. The van der Waals surface area contributed by atoms with Gasteiger partial charge in [0.15, 0.2) is 0 Å². The van der Waals surface area contributed by atoms with Crippen molar-refractivity contribution < 1.29 is 14.6 Å². The molecule has 19 heavy (non-hydrogen) atoms. The minimum atomic E-state index is -0.514. The molecule has 0 saturated carbocycles. The molecule has 0 bridgehead atoms. The minimum absolute atomic E-state index is 0.272. The number of rotatable bonds is 3. The van der Waals surface area contributed by atoms with Gasteiger partial charge in [0.1, 0.15) is 0 Å². The summed E-state index contributed by atoms with van der Waals surface area (Å²) in [5.74, 6) is -0.905. The third-order valence-electron chi connectivity index (χ3n) is 2.55. The number of carbonyl (C=O) groups is 1. The summed E-state index contributed by atoms with van der Waals surface area (Å²) < 4.78 is 4.65. The number of nitrogens with zero attached hydrogens (tertiary/aromatic N) is 1. The molecule has 4 heteroatoms. The first-order valence-corrected chi connectivity index (χ1v) is 5.71. The van der Waals surface area contributed by atoms with E-state index in [0.29, 0.717) is 11.3 Å². The van der Waals surface area contributed by atoms with Crippen molar-refractivity contribution in [1.82, 2.24) is 0 Å². The van der Waals surface area contributed by atoms with Gasteiger partial charge in [0, 0.05) is 0 Å². The van der Waals surface area contributed by atoms with Crippen LogP contribution in [-0.2, 0) is 4.74 Å². The Bertz CT molecular complexity index is 606. The fourth-order valence-electron chi connectivity index (χ4n) is 1.61. The molecular weight excluding hydrogens is 242 g/mol. The number of benzene rings is 2. The Morgan fingerprint density at radius 3 is 2.37 bits per heavy atom. The summed E-state index contributed by atoms with van der Waals surface area (Å²) in [4.78, 5) is 15.5. The van der Waals surface area contributed by atoms with Crippen molar-refractivity contribution in [1.29, 1.82) is 0 Å². The van der Waals surface area contributed by atoms with Gasteiger partial charge < -0.3 is 9.84 Å². The lowest BCUT2D eigenvalue weighted by Gasteiger charge is -2.11. The van der Waals surface area contributed by atoms with Crippen molar-refractivity contribution >= 4 is 17.6 Å². The summed E-state index contributed by atoms with van der Waals surface area (Å²) in [6.45, 7) is 0. The molecule has 0 fully saturated rings. The molecule has 2 aromatic carbocycles. The maximum atomic E-state index is 12.0. The Kier molecular flexibility index (Phi) is 3.93. The van der Waals surface area contributed by atoms with Gasteiger partial charge in [-0.3, -0.25) is 4.99 Å². The van der Waals surface area contributed by atoms with Crippen LogP contribution in [0.2, 0.25) is 0 Å². The zero-order valence-corrected chi connectivity index (χ0v) is 10.4. The molecule has 0 aromatic heterocycles. The van der Waals surface area contributed by atoms with Crippen molar-refractivity contribution in [2.75, 3.05) is 7.11 Å². The molecule has 0 unspecified atom stereocenters. The number of para-hydroxylation sites is 1. The Hall–Kier alpha value is -2.62. The van der Waals surface area contributed by atoms with E-state index in [9.17, 15) is 9.90 Å². The molecule has 0 aliphatic rings. The Morgan fingerprint density at radius 2 is 1.68 bits per heavy atom. The predicted octanol–water partition coefficient (Wildman–Crippen LogP) is 1.91. The summed E-state index contributed by atoms with van der Waals surface area (Å²) in [6.07, 6.45) is 0. The highest BCUT2D eigenvalue weighted by molar-refractivity contribution is 5.98. The number of hydrogen-bond acceptors (Lipinski definition) is 4. The second kappa shape index (κ2) is 5.82. The first-order valence-electron chi connectivity index (χ1n) is 5.71. The lowest BCUT2D eigenvalue weighted by molar-refractivity contribution is -0.212. The first kappa shape index (κ1) is 12.8. The summed E-state index contributed by atoms with van der Waals surface area (Å²) in [7, 11) is 1.29. The molecule has 0 radical (unpaired) electrons. The van der Waals surface area contributed by atoms with Gasteiger partial charge in [0.05, 0.1) is 18.4 Å². The molecule has 96 valence electrons. The molecule has 2 aromatic rings. The largest absolute Gasteiger partial charge is 0.858 e. The number of aliphatic imine (C=N–C) groups is 1. The van der Waals surface area contributed by atoms with Crippen LogP contribution in [0.5, 0.6) is 0 Å². The van der Waals surface area contributed by atoms with Gasteiger partial charge >= 0.3 is 5.97 Å². The fraction of sp³-hybridized carbons (Fsp3) is 0.0667. The van der Waals surface area contributed by atoms with E-state index in [1.807, 2.05) is 6.07 Å². The topological polar surface area (TPSA) is 61.7 Å². The van der Waals surface area contributed by atoms with Gasteiger partial charge in [-0.05, 0) is 23.6 Å². The molecule has 0 spiro atoms. The van der Waals surface area contributed by atoms with E-state index >= 15 is 0 Å². The lowest BCUT2D eigenvalue weighted by Crippen LogP contribution is -2.18. The standard InChI is InChI=1S/C15H13NO3/c1-19-15(18)12-9-5-6-10-13(12)16-14(17)11-7-3-2-4-8-11/h2-10H,1H3,(H,16,17)/p-1. The van der Waals surface area contributed by atoms with E-state index in [1.54, 1.807) is 48.5 Å². The summed E-state index contributed by atoms with van der Waals surface area (Å²) in [5, 5.41) is 12.0. The smallest absolute Gasteiger partial charge is 0.340 e. The zero-order valence-electron chi connectivity index (χ0n) is 10.4. The lowest BCUT2D eigenvalue weighted by atomic mass is 10.1.